The minimum atomic E-state index is -2.82. The van der Waals surface area contributed by atoms with E-state index in [0.717, 1.165) is 50.4 Å². The number of terminal acetylenes is 1. The zero-order valence-corrected chi connectivity index (χ0v) is 33.0. The second kappa shape index (κ2) is 12.9. The normalized spacial score (nSPS) is 42.0. The van der Waals surface area contributed by atoms with Crippen LogP contribution in [0, 0.1) is 63.6 Å². The minimum Gasteiger partial charge on any atom is -0.365 e. The van der Waals surface area contributed by atoms with Crippen molar-refractivity contribution in [3.05, 3.63) is 36.2 Å². The van der Waals surface area contributed by atoms with Crippen molar-refractivity contribution in [3.8, 4) is 12.3 Å². The van der Waals surface area contributed by atoms with Gasteiger partial charge in [0.25, 0.3) is 0 Å². The number of rotatable bonds is 8. The van der Waals surface area contributed by atoms with Gasteiger partial charge in [0, 0.05) is 31.7 Å². The summed E-state index contributed by atoms with van der Waals surface area (Å²) in [6.07, 6.45) is 20.7. The van der Waals surface area contributed by atoms with Gasteiger partial charge >= 0.3 is 0 Å². The van der Waals surface area contributed by atoms with Gasteiger partial charge in [0.1, 0.15) is 5.69 Å². The highest BCUT2D eigenvalue weighted by atomic mass is 32.2. The fourth-order valence-corrected chi connectivity index (χ4v) is 15.4. The highest BCUT2D eigenvalue weighted by molar-refractivity contribution is 7.91. The lowest BCUT2D eigenvalue weighted by Gasteiger charge is -2.73. The molecule has 2 aliphatic heterocycles. The van der Waals surface area contributed by atoms with Crippen LogP contribution < -0.4 is 10.2 Å². The van der Waals surface area contributed by atoms with Crippen LogP contribution in [0.4, 0.5) is 5.69 Å². The molecule has 0 spiro atoms. The van der Waals surface area contributed by atoms with E-state index in [1.165, 1.54) is 69.0 Å². The van der Waals surface area contributed by atoms with E-state index < -0.39 is 9.84 Å². The fourth-order valence-electron chi connectivity index (χ4n) is 14.1. The van der Waals surface area contributed by atoms with Crippen molar-refractivity contribution in [1.29, 1.82) is 0 Å². The zero-order valence-electron chi connectivity index (χ0n) is 32.2. The molecule has 1 aromatic rings. The highest BCUT2D eigenvalue weighted by Gasteiger charge is 2.70. The molecule has 6 nitrogen and oxygen atoms in total. The molecule has 0 radical (unpaired) electrons. The molecular formula is C43H66N4O2S. The summed E-state index contributed by atoms with van der Waals surface area (Å²) < 4.78 is 23.8. The quantitative estimate of drug-likeness (QED) is 0.171. The number of pyridine rings is 1. The Balaban J connectivity index is 1.08. The second-order valence-electron chi connectivity index (χ2n) is 19.2. The summed E-state index contributed by atoms with van der Waals surface area (Å²) in [5, 5.41) is 3.99. The van der Waals surface area contributed by atoms with Crippen LogP contribution in [-0.2, 0) is 9.84 Å². The van der Waals surface area contributed by atoms with Crippen LogP contribution in [-0.4, -0.2) is 74.6 Å². The molecule has 4 aliphatic carbocycles. The third-order valence-corrected chi connectivity index (χ3v) is 18.5. The Kier molecular flexibility index (Phi) is 9.42. The van der Waals surface area contributed by atoms with Gasteiger partial charge in [-0.3, -0.25) is 0 Å². The average molecular weight is 703 g/mol. The molecule has 9 atom stereocenters. The van der Waals surface area contributed by atoms with Gasteiger partial charge in [-0.1, -0.05) is 38.8 Å². The number of anilines is 1. The predicted molar refractivity (Wildman–Crippen MR) is 207 cm³/mol. The number of fused-ring (bicyclic) bond motifs is 7. The minimum absolute atomic E-state index is 0.0566. The Hall–Kier alpha value is -1.88. The number of sulfone groups is 1. The van der Waals surface area contributed by atoms with Crippen LogP contribution >= 0.6 is 0 Å². The van der Waals surface area contributed by atoms with Crippen molar-refractivity contribution in [2.45, 2.75) is 111 Å². The summed E-state index contributed by atoms with van der Waals surface area (Å²) in [6.45, 7) is 25.8. The van der Waals surface area contributed by atoms with E-state index in [2.05, 4.69) is 80.2 Å². The lowest BCUT2D eigenvalue weighted by atomic mass is 9.33. The van der Waals surface area contributed by atoms with E-state index in [9.17, 15) is 8.42 Å². The molecule has 2 saturated heterocycles. The summed E-state index contributed by atoms with van der Waals surface area (Å²) in [5.74, 6) is 6.84. The Morgan fingerprint density at radius 3 is 2.40 bits per heavy atom. The van der Waals surface area contributed by atoms with Crippen molar-refractivity contribution < 1.29 is 8.42 Å². The molecule has 3 heterocycles. The van der Waals surface area contributed by atoms with E-state index in [1.807, 2.05) is 12.3 Å². The van der Waals surface area contributed by atoms with Crippen molar-refractivity contribution in [2.75, 3.05) is 55.7 Å². The number of aromatic nitrogens is 1. The monoisotopic (exact) mass is 702 g/mol. The summed E-state index contributed by atoms with van der Waals surface area (Å²) in [7, 11) is -2.82. The molecule has 0 amide bonds. The van der Waals surface area contributed by atoms with E-state index in [1.54, 1.807) is 0 Å². The maximum absolute atomic E-state index is 11.9. The number of hydrogen-bond acceptors (Lipinski definition) is 6. The lowest BCUT2D eigenvalue weighted by molar-refractivity contribution is -0.227. The van der Waals surface area contributed by atoms with Gasteiger partial charge < -0.3 is 15.1 Å². The summed E-state index contributed by atoms with van der Waals surface area (Å²) in [4.78, 5) is 9.58. The van der Waals surface area contributed by atoms with Gasteiger partial charge in [0.15, 0.2) is 9.84 Å². The summed E-state index contributed by atoms with van der Waals surface area (Å²) in [5.41, 5.74) is 4.79. The van der Waals surface area contributed by atoms with E-state index in [0.29, 0.717) is 63.8 Å². The van der Waals surface area contributed by atoms with Gasteiger partial charge in [0.05, 0.1) is 23.4 Å². The predicted octanol–water partition coefficient (Wildman–Crippen LogP) is 7.60. The number of allylic oxidation sites excluding steroid dienone is 1. The maximum atomic E-state index is 11.9. The first-order valence-corrected chi connectivity index (χ1v) is 21.9. The van der Waals surface area contributed by atoms with Gasteiger partial charge in [-0.05, 0) is 161 Å². The van der Waals surface area contributed by atoms with Gasteiger partial charge in [0.2, 0.25) is 0 Å². The molecule has 7 heteroatoms. The van der Waals surface area contributed by atoms with E-state index >= 15 is 0 Å². The first-order chi connectivity index (χ1) is 23.6. The van der Waals surface area contributed by atoms with E-state index in [-0.39, 0.29) is 5.54 Å². The molecule has 0 unspecified atom stereocenters. The third kappa shape index (κ3) is 5.72. The van der Waals surface area contributed by atoms with Crippen LogP contribution in [0.1, 0.15) is 111 Å². The first kappa shape index (κ1) is 36.5. The molecule has 50 heavy (non-hydrogen) atoms. The standard InChI is InChI=1S/C43H66N4O2S/c1-9-32-11-12-33(29-45-32)47-24-21-40(6)36(39(47,4)5)16-17-42(8)37(40)14-13-35-38-34(31(2)3)15-18-43(38,20-19-41(35,42)7)30-44-22-10-23-46-25-27-50(48,49)28-26-46/h1,11-12,29,34-38,44H,2,10,13-28,30H2,3-8H3/t34-,35+,36-,37+,38+,40-,41+,42+,43+/m0/s1. The Morgan fingerprint density at radius 2 is 1.72 bits per heavy atom. The zero-order chi connectivity index (χ0) is 35.7. The number of hydrogen-bond donors (Lipinski definition) is 1. The second-order valence-corrected chi connectivity index (χ2v) is 21.5. The molecule has 7 rings (SSSR count). The largest absolute Gasteiger partial charge is 0.365 e. The molecule has 0 aromatic carbocycles. The molecule has 4 saturated carbocycles. The van der Waals surface area contributed by atoms with Crippen LogP contribution in [0.2, 0.25) is 0 Å². The molecular weight excluding hydrogens is 637 g/mol. The first-order valence-electron chi connectivity index (χ1n) is 20.1. The van der Waals surface area contributed by atoms with Crippen molar-refractivity contribution in [3.63, 3.8) is 0 Å². The summed E-state index contributed by atoms with van der Waals surface area (Å²) in [6, 6.07) is 4.20. The molecule has 6 aliphatic rings. The Morgan fingerprint density at radius 1 is 0.960 bits per heavy atom. The Bertz CT molecular complexity index is 1580. The molecule has 1 aromatic heterocycles. The van der Waals surface area contributed by atoms with Crippen molar-refractivity contribution in [1.82, 2.24) is 15.2 Å². The van der Waals surface area contributed by atoms with Crippen LogP contribution in [0.15, 0.2) is 30.5 Å². The Labute approximate surface area is 304 Å². The van der Waals surface area contributed by atoms with Crippen LogP contribution in [0.5, 0.6) is 0 Å². The molecule has 6 fully saturated rings. The molecule has 276 valence electrons. The number of nitrogens with zero attached hydrogens (tertiary/aromatic N) is 3. The molecule has 1 N–H and O–H groups in total. The highest BCUT2D eigenvalue weighted by Crippen LogP contribution is 2.76. The maximum Gasteiger partial charge on any atom is 0.152 e. The topological polar surface area (TPSA) is 65.5 Å². The third-order valence-electron chi connectivity index (χ3n) is 16.9. The SMILES string of the molecule is C#Cc1ccc(N2CC[C@]3(C)[C@H]4CC[C@@H]5[C@H]6[C@H](C(=C)C)CC[C@]6(CNCCCN6CCS(=O)(=O)CC6)CC[C@@]5(C)[C@]4(C)CC[C@H]3C2(C)C)cn1. The van der Waals surface area contributed by atoms with Gasteiger partial charge in [-0.2, -0.15) is 0 Å². The van der Waals surface area contributed by atoms with Crippen molar-refractivity contribution in [2.24, 2.45) is 51.2 Å². The lowest BCUT2D eigenvalue weighted by Crippen LogP contribution is -2.70. The van der Waals surface area contributed by atoms with Gasteiger partial charge in [-0.25, -0.2) is 13.4 Å². The number of nitrogens with one attached hydrogen (secondary N) is 1. The fraction of sp³-hybridized carbons (Fsp3) is 0.791. The van der Waals surface area contributed by atoms with Crippen molar-refractivity contribution >= 4 is 15.5 Å². The number of piperidine rings is 1. The van der Waals surface area contributed by atoms with E-state index in [4.69, 9.17) is 6.42 Å². The smallest absolute Gasteiger partial charge is 0.152 e. The van der Waals surface area contributed by atoms with Gasteiger partial charge in [-0.15, -0.1) is 6.42 Å². The average Bonchev–Trinajstić information content (AvgIpc) is 3.46. The van der Waals surface area contributed by atoms with Crippen LogP contribution in [0.25, 0.3) is 0 Å². The molecule has 0 bridgehead atoms. The summed E-state index contributed by atoms with van der Waals surface area (Å²) >= 11 is 0. The van der Waals surface area contributed by atoms with Crippen LogP contribution in [0.3, 0.4) is 0 Å².